The number of carbonyl (C=O) groups is 2. The van der Waals surface area contributed by atoms with Crippen LogP contribution in [0.25, 0.3) is 0 Å². The Hall–Kier alpha value is -3.35. The lowest BCUT2D eigenvalue weighted by atomic mass is 9.82. The monoisotopic (exact) mass is 444 g/mol. The van der Waals surface area contributed by atoms with Gasteiger partial charge in [0.25, 0.3) is 0 Å². The van der Waals surface area contributed by atoms with Gasteiger partial charge in [-0.1, -0.05) is 54.6 Å². The van der Waals surface area contributed by atoms with Crippen LogP contribution in [-0.4, -0.2) is 54.7 Å². The van der Waals surface area contributed by atoms with E-state index < -0.39 is 5.54 Å². The average Bonchev–Trinajstić information content (AvgIpc) is 3.08. The summed E-state index contributed by atoms with van der Waals surface area (Å²) in [6.45, 7) is 2.90. The van der Waals surface area contributed by atoms with Crippen LogP contribution in [0.5, 0.6) is 5.75 Å². The molecule has 5 rings (SSSR count). The summed E-state index contributed by atoms with van der Waals surface area (Å²) in [5.41, 5.74) is 1.12. The molecule has 5 nitrogen and oxygen atoms in total. The topological polar surface area (TPSA) is 49.9 Å². The molecule has 0 unspecified atom stereocenters. The molecule has 1 fully saturated rings. The van der Waals surface area contributed by atoms with E-state index in [4.69, 9.17) is 4.74 Å². The average molecular weight is 445 g/mol. The molecule has 1 saturated heterocycles. The van der Waals surface area contributed by atoms with Crippen molar-refractivity contribution in [3.8, 4) is 5.75 Å². The summed E-state index contributed by atoms with van der Waals surface area (Å²) >= 11 is 0. The Balaban J connectivity index is 1.44. The maximum absolute atomic E-state index is 13.8. The summed E-state index contributed by atoms with van der Waals surface area (Å²) in [7, 11) is 1.58. The highest BCUT2D eigenvalue weighted by Gasteiger charge is 2.58. The van der Waals surface area contributed by atoms with E-state index in [1.54, 1.807) is 37.4 Å². The molecule has 6 heteroatoms. The SMILES string of the molecule is COc1ccc(F)cc1CN1CCN(C2(c3ccccc3)C(=O)c3ccccc3C2=O)CC1. The lowest BCUT2D eigenvalue weighted by Crippen LogP contribution is -2.60. The van der Waals surface area contributed by atoms with Crippen molar-refractivity contribution in [2.75, 3.05) is 33.3 Å². The van der Waals surface area contributed by atoms with Gasteiger partial charge in [-0.2, -0.15) is 0 Å². The van der Waals surface area contributed by atoms with Gasteiger partial charge in [-0.15, -0.1) is 0 Å². The van der Waals surface area contributed by atoms with E-state index in [-0.39, 0.29) is 17.4 Å². The van der Waals surface area contributed by atoms with Gasteiger partial charge in [-0.25, -0.2) is 4.39 Å². The molecule has 0 spiro atoms. The number of ether oxygens (including phenoxy) is 1. The van der Waals surface area contributed by atoms with E-state index >= 15 is 0 Å². The Morgan fingerprint density at radius 2 is 1.45 bits per heavy atom. The number of hydrogen-bond donors (Lipinski definition) is 0. The van der Waals surface area contributed by atoms with Crippen molar-refractivity contribution < 1.29 is 18.7 Å². The van der Waals surface area contributed by atoms with E-state index in [1.807, 2.05) is 35.2 Å². The van der Waals surface area contributed by atoms with E-state index in [1.165, 1.54) is 12.1 Å². The van der Waals surface area contributed by atoms with E-state index in [9.17, 15) is 14.0 Å². The number of Topliss-reactive ketones (excluding diaryl/α,β-unsaturated/α-hetero) is 2. The number of benzene rings is 3. The van der Waals surface area contributed by atoms with Gasteiger partial charge in [0.15, 0.2) is 17.1 Å². The lowest BCUT2D eigenvalue weighted by molar-refractivity contribution is 0.0278. The largest absolute Gasteiger partial charge is 0.496 e. The summed E-state index contributed by atoms with van der Waals surface area (Å²) < 4.78 is 19.2. The molecule has 0 aromatic heterocycles. The van der Waals surface area contributed by atoms with Gasteiger partial charge in [-0.3, -0.25) is 19.4 Å². The third-order valence-electron chi connectivity index (χ3n) is 6.75. The van der Waals surface area contributed by atoms with Crippen molar-refractivity contribution in [1.29, 1.82) is 0 Å². The van der Waals surface area contributed by atoms with Crippen molar-refractivity contribution in [1.82, 2.24) is 9.80 Å². The number of carbonyl (C=O) groups excluding carboxylic acids is 2. The predicted molar refractivity (Wildman–Crippen MR) is 123 cm³/mol. The summed E-state index contributed by atoms with van der Waals surface area (Å²) in [5, 5.41) is 0. The van der Waals surface area contributed by atoms with Crippen molar-refractivity contribution in [2.24, 2.45) is 0 Å². The van der Waals surface area contributed by atoms with Crippen molar-refractivity contribution in [2.45, 2.75) is 12.1 Å². The number of hydrogen-bond acceptors (Lipinski definition) is 5. The smallest absolute Gasteiger partial charge is 0.196 e. The second-order valence-electron chi connectivity index (χ2n) is 8.50. The van der Waals surface area contributed by atoms with Gasteiger partial charge in [-0.05, 0) is 23.8 Å². The Labute approximate surface area is 192 Å². The zero-order valence-electron chi connectivity index (χ0n) is 18.5. The van der Waals surface area contributed by atoms with Crippen LogP contribution in [0.1, 0.15) is 31.8 Å². The van der Waals surface area contributed by atoms with Gasteiger partial charge in [0.1, 0.15) is 11.6 Å². The van der Waals surface area contributed by atoms with Crippen molar-refractivity contribution >= 4 is 11.6 Å². The quantitative estimate of drug-likeness (QED) is 0.559. The maximum Gasteiger partial charge on any atom is 0.196 e. The van der Waals surface area contributed by atoms with Gasteiger partial charge in [0, 0.05) is 49.4 Å². The number of halogens is 1. The fourth-order valence-corrected chi connectivity index (χ4v) is 5.14. The van der Waals surface area contributed by atoms with Crippen LogP contribution in [0.2, 0.25) is 0 Å². The van der Waals surface area contributed by atoms with E-state index in [0.29, 0.717) is 55.2 Å². The van der Waals surface area contributed by atoms with Crippen LogP contribution in [0.15, 0.2) is 72.8 Å². The van der Waals surface area contributed by atoms with Gasteiger partial charge in [0.2, 0.25) is 0 Å². The molecule has 0 bridgehead atoms. The van der Waals surface area contributed by atoms with Crippen LogP contribution in [-0.2, 0) is 12.1 Å². The molecule has 1 heterocycles. The molecule has 0 atom stereocenters. The molecule has 0 N–H and O–H groups in total. The molecular formula is C27H25FN2O3. The van der Waals surface area contributed by atoms with Gasteiger partial charge in [0.05, 0.1) is 7.11 Å². The highest BCUT2D eigenvalue weighted by Crippen LogP contribution is 2.43. The number of rotatable bonds is 5. The molecule has 168 valence electrons. The summed E-state index contributed by atoms with van der Waals surface area (Å²) in [6.07, 6.45) is 0. The standard InChI is InChI=1S/C27H25FN2O3/c1-33-24-12-11-21(28)17-19(24)18-29-13-15-30(16-14-29)27(20-7-3-2-4-8-20)25(31)22-9-5-6-10-23(22)26(27)32/h2-12,17H,13-16,18H2,1H3. The summed E-state index contributed by atoms with van der Waals surface area (Å²) in [5.74, 6) is 0.0349. The van der Waals surface area contributed by atoms with Crippen molar-refractivity contribution in [3.63, 3.8) is 0 Å². The molecule has 0 amide bonds. The number of nitrogens with zero attached hydrogens (tertiary/aromatic N) is 2. The molecule has 0 radical (unpaired) electrons. The minimum Gasteiger partial charge on any atom is -0.496 e. The van der Waals surface area contributed by atoms with E-state index in [0.717, 1.165) is 5.56 Å². The Morgan fingerprint density at radius 1 is 0.848 bits per heavy atom. The third kappa shape index (κ3) is 3.46. The zero-order chi connectivity index (χ0) is 23.0. The second kappa shape index (κ2) is 8.54. The first-order chi connectivity index (χ1) is 16.1. The fourth-order valence-electron chi connectivity index (χ4n) is 5.14. The molecule has 1 aliphatic carbocycles. The van der Waals surface area contributed by atoms with Gasteiger partial charge >= 0.3 is 0 Å². The normalized spacial score (nSPS) is 18.4. The fraction of sp³-hybridized carbons (Fsp3) is 0.259. The van der Waals surface area contributed by atoms with Crippen LogP contribution < -0.4 is 4.74 Å². The Bertz CT molecular complexity index is 1170. The molecule has 3 aromatic carbocycles. The first-order valence-corrected chi connectivity index (χ1v) is 11.1. The zero-order valence-corrected chi connectivity index (χ0v) is 18.5. The first kappa shape index (κ1) is 21.5. The van der Waals surface area contributed by atoms with Gasteiger partial charge < -0.3 is 4.74 Å². The molecule has 3 aromatic rings. The second-order valence-corrected chi connectivity index (χ2v) is 8.50. The Morgan fingerprint density at radius 3 is 2.06 bits per heavy atom. The molecule has 33 heavy (non-hydrogen) atoms. The molecular weight excluding hydrogens is 419 g/mol. The molecule has 2 aliphatic rings. The van der Waals surface area contributed by atoms with E-state index in [2.05, 4.69) is 4.90 Å². The minimum absolute atomic E-state index is 0.158. The van der Waals surface area contributed by atoms with Crippen LogP contribution >= 0.6 is 0 Å². The highest BCUT2D eigenvalue weighted by molar-refractivity contribution is 6.32. The maximum atomic E-state index is 13.8. The Kier molecular flexibility index (Phi) is 5.56. The van der Waals surface area contributed by atoms with Crippen molar-refractivity contribution in [3.05, 3.63) is 101 Å². The number of piperazine rings is 1. The van der Waals surface area contributed by atoms with Crippen LogP contribution in [0.4, 0.5) is 4.39 Å². The molecule has 1 aliphatic heterocycles. The lowest BCUT2D eigenvalue weighted by Gasteiger charge is -2.44. The number of ketones is 2. The number of fused-ring (bicyclic) bond motifs is 1. The highest BCUT2D eigenvalue weighted by atomic mass is 19.1. The summed E-state index contributed by atoms with van der Waals surface area (Å²) in [6, 6.07) is 21.0. The first-order valence-electron chi connectivity index (χ1n) is 11.1. The predicted octanol–water partition coefficient (Wildman–Crippen LogP) is 3.93. The van der Waals surface area contributed by atoms with Crippen LogP contribution in [0.3, 0.4) is 0 Å². The third-order valence-corrected chi connectivity index (χ3v) is 6.75. The minimum atomic E-state index is -1.34. The van der Waals surface area contributed by atoms with Crippen LogP contribution in [0, 0.1) is 5.82 Å². The summed E-state index contributed by atoms with van der Waals surface area (Å²) in [4.78, 5) is 31.8. The number of methoxy groups -OCH3 is 1. The molecule has 0 saturated carbocycles.